The fourth-order valence-electron chi connectivity index (χ4n) is 10.8. The highest BCUT2D eigenvalue weighted by atomic mass is 35.5. The average molecular weight is 698 g/mol. The molecule has 6 heteroatoms. The fourth-order valence-corrected chi connectivity index (χ4v) is 10.8. The molecule has 0 radical (unpaired) electrons. The molecule has 0 aliphatic heterocycles. The number of carbonyl (C=O) groups excluding carboxylic acids is 3. The highest BCUT2D eigenvalue weighted by molar-refractivity contribution is 5.94. The summed E-state index contributed by atoms with van der Waals surface area (Å²) in [4.78, 5) is 39.0. The number of ketones is 2. The van der Waals surface area contributed by atoms with E-state index in [1.54, 1.807) is 6.92 Å². The first kappa shape index (κ1) is 38.0. The Hall–Kier alpha value is -3.28. The van der Waals surface area contributed by atoms with Crippen molar-refractivity contribution in [3.05, 3.63) is 88.5 Å². The lowest BCUT2D eigenvalue weighted by molar-refractivity contribution is -0.187. The van der Waals surface area contributed by atoms with Gasteiger partial charge in [-0.3, -0.25) is 14.4 Å². The standard InChI is InChI=1S/C24H34O4.C20H21N.ClH/c1-14-12-18-19(22(4)9-6-17(27)13-21(14)22)7-10-23(5)20(18)8-11-24(23,15(2)25)28-16(3)26;1-21(2)15-7-12-20-18-10-5-3-8-16(18)13-14-17-9-4-6-11-19(17)20;/h13-14,18-20H,6-12H2,1-5H3;3-6,8-14H,7,15H2,1-2H3;1H/t14-,18+,19-,20-,22+,23-,24-;;/m0../s1. The van der Waals surface area contributed by atoms with E-state index in [1.807, 2.05) is 6.08 Å². The summed E-state index contributed by atoms with van der Waals surface area (Å²) in [5.74, 6) is 1.82. The number of hydrogen-bond donors (Lipinski definition) is 0. The zero-order valence-corrected chi connectivity index (χ0v) is 31.9. The van der Waals surface area contributed by atoms with Crippen LogP contribution in [0.25, 0.3) is 17.7 Å². The SMILES string of the molecule is CC(=O)O[C@]1(C(C)=O)CC[C@H]2[C@@H]3C[C@H](C)C4=CC(=O)CC[C@]4(C)[C@H]3CC[C@@]21C.CN(C)CCC=C1c2ccccc2C=Cc2ccccc21.Cl. The number of carbonyl (C=O) groups is 3. The highest BCUT2D eigenvalue weighted by Gasteiger charge is 2.68. The van der Waals surface area contributed by atoms with Gasteiger partial charge in [-0.2, -0.15) is 0 Å². The summed E-state index contributed by atoms with van der Waals surface area (Å²) in [5.41, 5.74) is 6.83. The summed E-state index contributed by atoms with van der Waals surface area (Å²) < 4.78 is 5.84. The van der Waals surface area contributed by atoms with Crippen LogP contribution >= 0.6 is 12.4 Å². The van der Waals surface area contributed by atoms with Gasteiger partial charge in [-0.05, 0) is 129 Å². The summed E-state index contributed by atoms with van der Waals surface area (Å²) in [6.45, 7) is 10.9. The van der Waals surface area contributed by atoms with Crippen molar-refractivity contribution in [2.24, 2.45) is 34.5 Å². The number of ether oxygens (including phenoxy) is 1. The molecule has 2 aromatic rings. The van der Waals surface area contributed by atoms with E-state index >= 15 is 0 Å². The second-order valence-corrected chi connectivity index (χ2v) is 16.2. The Morgan fingerprint density at radius 1 is 0.900 bits per heavy atom. The van der Waals surface area contributed by atoms with E-state index in [0.29, 0.717) is 36.5 Å². The van der Waals surface area contributed by atoms with E-state index in [-0.39, 0.29) is 40.8 Å². The molecule has 5 aliphatic carbocycles. The predicted octanol–water partition coefficient (Wildman–Crippen LogP) is 9.63. The van der Waals surface area contributed by atoms with Crippen molar-refractivity contribution in [2.45, 2.75) is 91.6 Å². The van der Waals surface area contributed by atoms with E-state index in [1.165, 1.54) is 40.3 Å². The maximum Gasteiger partial charge on any atom is 0.303 e. The molecule has 5 nitrogen and oxygen atoms in total. The Morgan fingerprint density at radius 2 is 1.50 bits per heavy atom. The molecule has 7 rings (SSSR count). The fraction of sp³-hybridized carbons (Fsp3) is 0.523. The second kappa shape index (κ2) is 14.8. The van der Waals surface area contributed by atoms with Crippen LogP contribution in [0.5, 0.6) is 0 Å². The van der Waals surface area contributed by atoms with Crippen molar-refractivity contribution in [1.29, 1.82) is 0 Å². The maximum atomic E-state index is 12.8. The molecule has 0 saturated heterocycles. The number of Topliss-reactive ketones (excluding diaryl/α,β-unsaturated/α-hetero) is 1. The third kappa shape index (κ3) is 6.61. The van der Waals surface area contributed by atoms with E-state index < -0.39 is 5.60 Å². The van der Waals surface area contributed by atoms with Crippen LogP contribution in [0.1, 0.15) is 108 Å². The van der Waals surface area contributed by atoms with Gasteiger partial charge < -0.3 is 9.64 Å². The molecule has 0 heterocycles. The van der Waals surface area contributed by atoms with Gasteiger partial charge in [0.25, 0.3) is 0 Å². The van der Waals surface area contributed by atoms with Gasteiger partial charge in [0.15, 0.2) is 17.2 Å². The second-order valence-electron chi connectivity index (χ2n) is 16.2. The monoisotopic (exact) mass is 697 g/mol. The van der Waals surface area contributed by atoms with Crippen molar-refractivity contribution in [3.8, 4) is 0 Å². The number of esters is 1. The summed E-state index contributed by atoms with van der Waals surface area (Å²) in [5, 5.41) is 0. The van der Waals surface area contributed by atoms with Crippen LogP contribution in [0.15, 0.2) is 66.3 Å². The quantitative estimate of drug-likeness (QED) is 0.249. The first-order chi connectivity index (χ1) is 23.3. The Balaban J connectivity index is 0.000000198. The summed E-state index contributed by atoms with van der Waals surface area (Å²) in [7, 11) is 4.24. The van der Waals surface area contributed by atoms with Gasteiger partial charge in [0.05, 0.1) is 0 Å². The van der Waals surface area contributed by atoms with Crippen LogP contribution in [0.4, 0.5) is 0 Å². The third-order valence-electron chi connectivity index (χ3n) is 13.2. The lowest BCUT2D eigenvalue weighted by atomic mass is 9.44. The minimum absolute atomic E-state index is 0. The summed E-state index contributed by atoms with van der Waals surface area (Å²) >= 11 is 0. The first-order valence-electron chi connectivity index (χ1n) is 18.5. The number of rotatable bonds is 5. The molecule has 268 valence electrons. The minimum atomic E-state index is -0.961. The maximum absolute atomic E-state index is 12.8. The largest absolute Gasteiger partial charge is 0.451 e. The van der Waals surface area contributed by atoms with Gasteiger partial charge in [0.1, 0.15) is 0 Å². The smallest absolute Gasteiger partial charge is 0.303 e. The predicted molar refractivity (Wildman–Crippen MR) is 206 cm³/mol. The first-order valence-corrected chi connectivity index (χ1v) is 18.5. The zero-order chi connectivity index (χ0) is 35.1. The molecule has 50 heavy (non-hydrogen) atoms. The van der Waals surface area contributed by atoms with E-state index in [9.17, 15) is 14.4 Å². The molecule has 0 unspecified atom stereocenters. The van der Waals surface area contributed by atoms with Crippen LogP contribution in [-0.2, 0) is 19.1 Å². The Kier molecular flexibility index (Phi) is 11.2. The number of fused-ring (bicyclic) bond motifs is 7. The van der Waals surface area contributed by atoms with Gasteiger partial charge in [-0.15, -0.1) is 12.4 Å². The van der Waals surface area contributed by atoms with Gasteiger partial charge >= 0.3 is 5.97 Å². The summed E-state index contributed by atoms with van der Waals surface area (Å²) in [6.07, 6.45) is 16.1. The van der Waals surface area contributed by atoms with Gasteiger partial charge in [-0.1, -0.05) is 93.1 Å². The molecule has 2 aromatic carbocycles. The molecule has 0 amide bonds. The van der Waals surface area contributed by atoms with Gasteiger partial charge in [0, 0.05) is 25.3 Å². The molecule has 5 aliphatic rings. The van der Waals surface area contributed by atoms with Gasteiger partial charge in [0.2, 0.25) is 0 Å². The van der Waals surface area contributed by atoms with Crippen LogP contribution in [0.2, 0.25) is 0 Å². The lowest BCUT2D eigenvalue weighted by Crippen LogP contribution is -2.59. The molecule has 0 N–H and O–H groups in total. The minimum Gasteiger partial charge on any atom is -0.451 e. The van der Waals surface area contributed by atoms with Crippen LogP contribution < -0.4 is 0 Å². The third-order valence-corrected chi connectivity index (χ3v) is 13.2. The number of hydrogen-bond acceptors (Lipinski definition) is 5. The van der Waals surface area contributed by atoms with Gasteiger partial charge in [-0.25, -0.2) is 0 Å². The Labute approximate surface area is 306 Å². The topological polar surface area (TPSA) is 63.7 Å². The lowest BCUT2D eigenvalue weighted by Gasteiger charge is -2.60. The molecule has 3 saturated carbocycles. The number of allylic oxidation sites excluding steroid dienone is 1. The van der Waals surface area contributed by atoms with Crippen LogP contribution in [-0.4, -0.2) is 48.7 Å². The molecule has 0 spiro atoms. The average Bonchev–Trinajstić information content (AvgIpc) is 3.26. The number of benzene rings is 2. The van der Waals surface area contributed by atoms with E-state index in [2.05, 4.69) is 107 Å². The van der Waals surface area contributed by atoms with Crippen LogP contribution in [0.3, 0.4) is 0 Å². The molecule has 0 aromatic heterocycles. The van der Waals surface area contributed by atoms with Crippen molar-refractivity contribution >= 4 is 47.7 Å². The Morgan fingerprint density at radius 3 is 2.08 bits per heavy atom. The van der Waals surface area contributed by atoms with Crippen molar-refractivity contribution in [2.75, 3.05) is 20.6 Å². The molecule has 7 atom stereocenters. The Bertz CT molecular complexity index is 1670. The molecular formula is C44H56ClNO4. The van der Waals surface area contributed by atoms with Crippen molar-refractivity contribution in [3.63, 3.8) is 0 Å². The number of halogens is 1. The van der Waals surface area contributed by atoms with E-state index in [4.69, 9.17) is 4.74 Å². The molecule has 0 bridgehead atoms. The van der Waals surface area contributed by atoms with Crippen molar-refractivity contribution < 1.29 is 19.1 Å². The van der Waals surface area contributed by atoms with E-state index in [0.717, 1.165) is 45.1 Å². The highest BCUT2D eigenvalue weighted by Crippen LogP contribution is 2.69. The molecular weight excluding hydrogens is 642 g/mol. The van der Waals surface area contributed by atoms with Crippen LogP contribution in [0, 0.1) is 34.5 Å². The molecule has 3 fully saturated rings. The zero-order valence-electron chi connectivity index (χ0n) is 31.1. The number of nitrogens with zero attached hydrogens (tertiary/aromatic N) is 1. The summed E-state index contributed by atoms with van der Waals surface area (Å²) in [6, 6.07) is 17.3. The normalized spacial score (nSPS) is 32.0. The van der Waals surface area contributed by atoms with Crippen molar-refractivity contribution in [1.82, 2.24) is 4.90 Å².